The molecular formula is C15H12Br2N2OS. The van der Waals surface area contributed by atoms with Gasteiger partial charge in [-0.1, -0.05) is 11.8 Å². The number of thiophene rings is 1. The minimum absolute atomic E-state index is 0.149. The molecule has 0 atom stereocenters. The van der Waals surface area contributed by atoms with E-state index >= 15 is 0 Å². The predicted octanol–water partition coefficient (Wildman–Crippen LogP) is 4.14. The van der Waals surface area contributed by atoms with E-state index in [0.29, 0.717) is 12.1 Å². The first-order chi connectivity index (χ1) is 10.0. The molecule has 0 radical (unpaired) electrons. The SMILES string of the molecule is Cc1cc(NC(=O)c2cc(Br)sc2Br)ccc1C#CCN. The fourth-order valence-corrected chi connectivity index (χ4v) is 4.51. The van der Waals surface area contributed by atoms with Crippen LogP contribution in [0.4, 0.5) is 5.69 Å². The molecule has 0 bridgehead atoms. The van der Waals surface area contributed by atoms with Crippen molar-refractivity contribution in [1.82, 2.24) is 0 Å². The van der Waals surface area contributed by atoms with E-state index in [1.807, 2.05) is 25.1 Å². The molecule has 1 aromatic heterocycles. The van der Waals surface area contributed by atoms with Crippen molar-refractivity contribution in [1.29, 1.82) is 0 Å². The highest BCUT2D eigenvalue weighted by atomic mass is 79.9. The minimum atomic E-state index is -0.149. The molecule has 0 spiro atoms. The summed E-state index contributed by atoms with van der Waals surface area (Å²) in [6.07, 6.45) is 0. The van der Waals surface area contributed by atoms with E-state index in [2.05, 4.69) is 49.0 Å². The highest BCUT2D eigenvalue weighted by Gasteiger charge is 2.14. The summed E-state index contributed by atoms with van der Waals surface area (Å²) in [5.74, 6) is 5.67. The van der Waals surface area contributed by atoms with E-state index in [1.165, 1.54) is 11.3 Å². The maximum atomic E-state index is 12.2. The largest absolute Gasteiger partial charge is 0.322 e. The van der Waals surface area contributed by atoms with Crippen LogP contribution < -0.4 is 11.1 Å². The highest BCUT2D eigenvalue weighted by molar-refractivity contribution is 9.12. The average Bonchev–Trinajstić information content (AvgIpc) is 2.77. The average molecular weight is 428 g/mol. The third-order valence-electron chi connectivity index (χ3n) is 2.71. The van der Waals surface area contributed by atoms with Crippen molar-refractivity contribution < 1.29 is 4.79 Å². The van der Waals surface area contributed by atoms with Crippen LogP contribution in [0.15, 0.2) is 31.8 Å². The molecule has 2 aromatic rings. The number of halogens is 2. The van der Waals surface area contributed by atoms with Gasteiger partial charge in [-0.15, -0.1) is 11.3 Å². The molecular weight excluding hydrogens is 416 g/mol. The predicted molar refractivity (Wildman–Crippen MR) is 94.8 cm³/mol. The van der Waals surface area contributed by atoms with E-state index in [0.717, 1.165) is 24.4 Å². The molecule has 0 aliphatic rings. The summed E-state index contributed by atoms with van der Waals surface area (Å²) in [6, 6.07) is 7.40. The Morgan fingerprint density at radius 1 is 1.38 bits per heavy atom. The van der Waals surface area contributed by atoms with Crippen molar-refractivity contribution in [2.45, 2.75) is 6.92 Å². The van der Waals surface area contributed by atoms with Gasteiger partial charge in [0, 0.05) is 11.3 Å². The van der Waals surface area contributed by atoms with Gasteiger partial charge in [0.2, 0.25) is 0 Å². The Morgan fingerprint density at radius 3 is 2.71 bits per heavy atom. The second kappa shape index (κ2) is 7.23. The van der Waals surface area contributed by atoms with E-state index < -0.39 is 0 Å². The lowest BCUT2D eigenvalue weighted by atomic mass is 10.1. The molecule has 2 rings (SSSR count). The zero-order valence-electron chi connectivity index (χ0n) is 11.2. The van der Waals surface area contributed by atoms with E-state index in [1.54, 1.807) is 6.07 Å². The lowest BCUT2D eigenvalue weighted by Crippen LogP contribution is -2.11. The van der Waals surface area contributed by atoms with Crippen molar-refractivity contribution in [3.8, 4) is 11.8 Å². The molecule has 3 N–H and O–H groups in total. The number of anilines is 1. The first kappa shape index (κ1) is 16.2. The fraction of sp³-hybridized carbons (Fsp3) is 0.133. The minimum Gasteiger partial charge on any atom is -0.322 e. The first-order valence-electron chi connectivity index (χ1n) is 6.07. The van der Waals surface area contributed by atoms with Crippen LogP contribution >= 0.6 is 43.2 Å². The molecule has 3 nitrogen and oxygen atoms in total. The Hall–Kier alpha value is -1.13. The number of hydrogen-bond donors (Lipinski definition) is 2. The van der Waals surface area contributed by atoms with Gasteiger partial charge in [0.05, 0.1) is 19.7 Å². The topological polar surface area (TPSA) is 55.1 Å². The first-order valence-corrected chi connectivity index (χ1v) is 8.47. The van der Waals surface area contributed by atoms with Crippen molar-refractivity contribution in [3.05, 3.63) is 48.5 Å². The van der Waals surface area contributed by atoms with Crippen molar-refractivity contribution in [2.24, 2.45) is 5.73 Å². The van der Waals surface area contributed by atoms with Crippen LogP contribution in [0.2, 0.25) is 0 Å². The molecule has 0 fully saturated rings. The second-order valence-corrected chi connectivity index (χ2v) is 7.98. The third-order valence-corrected chi connectivity index (χ3v) is 5.05. The van der Waals surface area contributed by atoms with Crippen LogP contribution in [0.5, 0.6) is 0 Å². The second-order valence-electron chi connectivity index (χ2n) is 4.23. The van der Waals surface area contributed by atoms with E-state index in [-0.39, 0.29) is 5.91 Å². The third kappa shape index (κ3) is 4.17. The Morgan fingerprint density at radius 2 is 2.14 bits per heavy atom. The van der Waals surface area contributed by atoms with Gasteiger partial charge >= 0.3 is 0 Å². The van der Waals surface area contributed by atoms with Gasteiger partial charge in [-0.05, 0) is 68.6 Å². The van der Waals surface area contributed by atoms with Gasteiger partial charge in [0.15, 0.2) is 0 Å². The van der Waals surface area contributed by atoms with Crippen LogP contribution in [0, 0.1) is 18.8 Å². The van der Waals surface area contributed by atoms with Gasteiger partial charge < -0.3 is 11.1 Å². The Balaban J connectivity index is 2.18. The summed E-state index contributed by atoms with van der Waals surface area (Å²) >= 11 is 8.21. The van der Waals surface area contributed by atoms with Gasteiger partial charge in [0.1, 0.15) is 0 Å². The van der Waals surface area contributed by atoms with Gasteiger partial charge in [-0.3, -0.25) is 4.79 Å². The Labute approximate surface area is 144 Å². The summed E-state index contributed by atoms with van der Waals surface area (Å²) in [4.78, 5) is 12.2. The van der Waals surface area contributed by atoms with Gasteiger partial charge in [0.25, 0.3) is 5.91 Å². The van der Waals surface area contributed by atoms with Crippen molar-refractivity contribution in [3.63, 3.8) is 0 Å². The number of carbonyl (C=O) groups is 1. The van der Waals surface area contributed by atoms with Crippen LogP contribution in [0.25, 0.3) is 0 Å². The molecule has 0 saturated carbocycles. The number of carbonyl (C=O) groups excluding carboxylic acids is 1. The number of nitrogens with one attached hydrogen (secondary N) is 1. The molecule has 1 aromatic carbocycles. The Kier molecular flexibility index (Phi) is 5.59. The molecule has 108 valence electrons. The number of hydrogen-bond acceptors (Lipinski definition) is 3. The number of aryl methyl sites for hydroxylation is 1. The molecule has 6 heteroatoms. The summed E-state index contributed by atoms with van der Waals surface area (Å²) in [5, 5.41) is 2.88. The number of nitrogens with two attached hydrogens (primary N) is 1. The quantitative estimate of drug-likeness (QED) is 0.707. The van der Waals surface area contributed by atoms with Gasteiger partial charge in [-0.25, -0.2) is 0 Å². The fourth-order valence-electron chi connectivity index (χ4n) is 1.72. The smallest absolute Gasteiger partial charge is 0.257 e. The van der Waals surface area contributed by atoms with E-state index in [4.69, 9.17) is 5.73 Å². The summed E-state index contributed by atoms with van der Waals surface area (Å²) in [7, 11) is 0. The molecule has 0 unspecified atom stereocenters. The molecule has 1 heterocycles. The molecule has 0 aliphatic heterocycles. The molecule has 21 heavy (non-hydrogen) atoms. The monoisotopic (exact) mass is 426 g/mol. The van der Waals surface area contributed by atoms with Crippen molar-refractivity contribution in [2.75, 3.05) is 11.9 Å². The van der Waals surface area contributed by atoms with E-state index in [9.17, 15) is 4.79 Å². The lowest BCUT2D eigenvalue weighted by molar-refractivity contribution is 0.102. The molecule has 1 amide bonds. The van der Waals surface area contributed by atoms with Crippen LogP contribution in [0.1, 0.15) is 21.5 Å². The number of amides is 1. The number of rotatable bonds is 2. The zero-order chi connectivity index (χ0) is 15.4. The summed E-state index contributed by atoms with van der Waals surface area (Å²) in [6.45, 7) is 2.28. The number of benzene rings is 1. The Bertz CT molecular complexity index is 744. The normalized spacial score (nSPS) is 9.90. The lowest BCUT2D eigenvalue weighted by Gasteiger charge is -2.06. The van der Waals surface area contributed by atoms with Gasteiger partial charge in [-0.2, -0.15) is 0 Å². The maximum absolute atomic E-state index is 12.2. The summed E-state index contributed by atoms with van der Waals surface area (Å²) in [5.41, 5.74) is 8.63. The van der Waals surface area contributed by atoms with Crippen LogP contribution in [0.3, 0.4) is 0 Å². The molecule has 0 aliphatic carbocycles. The van der Waals surface area contributed by atoms with Crippen LogP contribution in [-0.4, -0.2) is 12.5 Å². The van der Waals surface area contributed by atoms with Crippen LogP contribution in [-0.2, 0) is 0 Å². The standard InChI is InChI=1S/C15H12Br2N2OS/c1-9-7-11(5-4-10(9)3-2-6-18)19-15(20)12-8-13(16)21-14(12)17/h4-5,7-8H,6,18H2,1H3,(H,19,20). The molecule has 0 saturated heterocycles. The highest BCUT2D eigenvalue weighted by Crippen LogP contribution is 2.32. The summed E-state index contributed by atoms with van der Waals surface area (Å²) < 4.78 is 1.71. The maximum Gasteiger partial charge on any atom is 0.257 e. The van der Waals surface area contributed by atoms with Crippen molar-refractivity contribution >= 4 is 54.8 Å². The zero-order valence-corrected chi connectivity index (χ0v) is 15.2.